The monoisotopic (exact) mass is 348 g/mol. The molecule has 0 spiro atoms. The smallest absolute Gasteiger partial charge is 0.410 e. The van der Waals surface area contributed by atoms with Crippen molar-refractivity contribution in [2.45, 2.75) is 59.2 Å². The van der Waals surface area contributed by atoms with Crippen LogP contribution in [0.2, 0.25) is 0 Å². The Labute approximate surface area is 149 Å². The Morgan fingerprint density at radius 2 is 1.88 bits per heavy atom. The summed E-state index contributed by atoms with van der Waals surface area (Å²) in [5, 5.41) is 0. The molecule has 0 saturated carbocycles. The Bertz CT molecular complexity index is 693. The summed E-state index contributed by atoms with van der Waals surface area (Å²) >= 11 is 0. The molecule has 1 aliphatic heterocycles. The second-order valence-electron chi connectivity index (χ2n) is 6.70. The zero-order valence-corrected chi connectivity index (χ0v) is 15.7. The third-order valence-electron chi connectivity index (χ3n) is 3.59. The normalized spacial score (nSPS) is 17.6. The van der Waals surface area contributed by atoms with Crippen molar-refractivity contribution in [1.82, 2.24) is 19.3 Å². The van der Waals surface area contributed by atoms with E-state index in [0.29, 0.717) is 24.6 Å². The Morgan fingerprint density at radius 1 is 1.20 bits per heavy atom. The van der Waals surface area contributed by atoms with E-state index in [1.807, 2.05) is 51.4 Å². The van der Waals surface area contributed by atoms with E-state index in [4.69, 9.17) is 9.47 Å². The number of piperidine rings is 1. The van der Waals surface area contributed by atoms with E-state index in [1.165, 1.54) is 0 Å². The number of fused-ring (bicyclic) bond motifs is 1. The third kappa shape index (κ3) is 5.08. The molecule has 0 bridgehead atoms. The molecule has 7 heteroatoms. The molecule has 25 heavy (non-hydrogen) atoms. The highest BCUT2D eigenvalue weighted by Gasteiger charge is 2.29. The van der Waals surface area contributed by atoms with Gasteiger partial charge in [0, 0.05) is 31.3 Å². The lowest BCUT2D eigenvalue weighted by molar-refractivity contribution is 0.00736. The molecule has 0 aliphatic carbocycles. The van der Waals surface area contributed by atoms with E-state index in [0.717, 1.165) is 12.8 Å². The molecule has 2 aromatic heterocycles. The van der Waals surface area contributed by atoms with Crippen LogP contribution in [0.1, 0.15) is 47.5 Å². The lowest BCUT2D eigenvalue weighted by atomic mass is 10.1. The molecule has 1 amide bonds. The zero-order valence-electron chi connectivity index (χ0n) is 15.7. The van der Waals surface area contributed by atoms with Crippen LogP contribution in [0.4, 0.5) is 4.79 Å². The van der Waals surface area contributed by atoms with Gasteiger partial charge in [0.1, 0.15) is 11.7 Å². The molecule has 3 rings (SSSR count). The van der Waals surface area contributed by atoms with Gasteiger partial charge < -0.3 is 18.8 Å². The number of carbonyl (C=O) groups is 1. The van der Waals surface area contributed by atoms with Gasteiger partial charge >= 0.3 is 6.09 Å². The van der Waals surface area contributed by atoms with E-state index in [-0.39, 0.29) is 12.2 Å². The molecule has 3 heterocycles. The van der Waals surface area contributed by atoms with Gasteiger partial charge in [-0.2, -0.15) is 0 Å². The maximum Gasteiger partial charge on any atom is 0.410 e. The van der Waals surface area contributed by atoms with Crippen LogP contribution in [0.3, 0.4) is 0 Å². The molecule has 1 saturated heterocycles. The Kier molecular flexibility index (Phi) is 6.22. The maximum absolute atomic E-state index is 12.2. The lowest BCUT2D eigenvalue weighted by Crippen LogP contribution is -2.46. The van der Waals surface area contributed by atoms with Gasteiger partial charge in [-0.05, 0) is 33.6 Å². The Morgan fingerprint density at radius 3 is 2.56 bits per heavy atom. The standard InChI is InChI=1S/C16H22N4O3.C2H6/c1-16(2,3)23-15(21)20-8-4-5-12(11-20)22-14-13-17-6-9-19(13)10-7-18-14;1-2/h6-7,9-10,12H,4-5,8,11H2,1-3H3;1-2H3. The third-order valence-corrected chi connectivity index (χ3v) is 3.59. The second kappa shape index (κ2) is 8.18. The predicted molar refractivity (Wildman–Crippen MR) is 95.8 cm³/mol. The van der Waals surface area contributed by atoms with E-state index >= 15 is 0 Å². The highest BCUT2D eigenvalue weighted by atomic mass is 16.6. The van der Waals surface area contributed by atoms with E-state index < -0.39 is 5.60 Å². The average Bonchev–Trinajstić information content (AvgIpc) is 3.05. The molecule has 1 unspecified atom stereocenters. The molecule has 0 radical (unpaired) electrons. The number of carbonyl (C=O) groups excluding carboxylic acids is 1. The number of rotatable bonds is 2. The number of aromatic nitrogens is 3. The van der Waals surface area contributed by atoms with Crippen molar-refractivity contribution in [3.63, 3.8) is 0 Å². The van der Waals surface area contributed by atoms with Crippen molar-refractivity contribution in [3.8, 4) is 5.88 Å². The van der Waals surface area contributed by atoms with Crippen LogP contribution in [0.5, 0.6) is 5.88 Å². The Hall–Kier alpha value is -2.31. The second-order valence-corrected chi connectivity index (χ2v) is 6.70. The van der Waals surface area contributed by atoms with Crippen molar-refractivity contribution in [1.29, 1.82) is 0 Å². The average molecular weight is 348 g/mol. The summed E-state index contributed by atoms with van der Waals surface area (Å²) < 4.78 is 13.3. The number of hydrogen-bond acceptors (Lipinski definition) is 5. The first-order valence-corrected chi connectivity index (χ1v) is 8.85. The minimum Gasteiger partial charge on any atom is -0.470 e. The summed E-state index contributed by atoms with van der Waals surface area (Å²) in [6, 6.07) is 0. The summed E-state index contributed by atoms with van der Waals surface area (Å²) in [6.45, 7) is 10.8. The van der Waals surface area contributed by atoms with Crippen LogP contribution in [-0.4, -0.2) is 50.2 Å². The van der Waals surface area contributed by atoms with Crippen molar-refractivity contribution in [2.75, 3.05) is 13.1 Å². The number of nitrogens with zero attached hydrogens (tertiary/aromatic N) is 4. The molecule has 1 aliphatic rings. The van der Waals surface area contributed by atoms with Crippen molar-refractivity contribution >= 4 is 11.7 Å². The van der Waals surface area contributed by atoms with Gasteiger partial charge in [0.25, 0.3) is 5.88 Å². The van der Waals surface area contributed by atoms with Gasteiger partial charge in [-0.1, -0.05) is 13.8 Å². The largest absolute Gasteiger partial charge is 0.470 e. The summed E-state index contributed by atoms with van der Waals surface area (Å²) in [6.07, 6.45) is 8.41. The molecule has 0 aromatic carbocycles. The quantitative estimate of drug-likeness (QED) is 0.830. The molecule has 1 fully saturated rings. The highest BCUT2D eigenvalue weighted by Crippen LogP contribution is 2.21. The summed E-state index contributed by atoms with van der Waals surface area (Å²) in [5.74, 6) is 0.494. The SMILES string of the molecule is CC.CC(C)(C)OC(=O)N1CCCC(Oc2nccn3ccnc23)C1. The molecule has 7 nitrogen and oxygen atoms in total. The van der Waals surface area contributed by atoms with Crippen LogP contribution in [0, 0.1) is 0 Å². The van der Waals surface area contributed by atoms with Gasteiger partial charge in [0.05, 0.1) is 6.54 Å². The predicted octanol–water partition coefficient (Wildman–Crippen LogP) is 3.53. The summed E-state index contributed by atoms with van der Waals surface area (Å²) in [7, 11) is 0. The number of amides is 1. The highest BCUT2D eigenvalue weighted by molar-refractivity contribution is 5.68. The minimum absolute atomic E-state index is 0.105. The van der Waals surface area contributed by atoms with Gasteiger partial charge in [0.2, 0.25) is 0 Å². The minimum atomic E-state index is -0.492. The first-order valence-electron chi connectivity index (χ1n) is 8.85. The fourth-order valence-corrected chi connectivity index (χ4v) is 2.60. The van der Waals surface area contributed by atoms with Gasteiger partial charge in [-0.15, -0.1) is 0 Å². The van der Waals surface area contributed by atoms with Crippen LogP contribution < -0.4 is 4.74 Å². The van der Waals surface area contributed by atoms with E-state index in [2.05, 4.69) is 9.97 Å². The topological polar surface area (TPSA) is 69.0 Å². The number of hydrogen-bond donors (Lipinski definition) is 0. The first kappa shape index (κ1) is 19.0. The van der Waals surface area contributed by atoms with E-state index in [9.17, 15) is 4.79 Å². The number of imidazole rings is 1. The zero-order chi connectivity index (χ0) is 18.4. The van der Waals surface area contributed by atoms with Crippen molar-refractivity contribution in [3.05, 3.63) is 24.8 Å². The van der Waals surface area contributed by atoms with Crippen LogP contribution in [0.25, 0.3) is 5.65 Å². The maximum atomic E-state index is 12.2. The Balaban J connectivity index is 0.00000109. The molecule has 2 aromatic rings. The fraction of sp³-hybridized carbons (Fsp3) is 0.611. The molecular weight excluding hydrogens is 320 g/mol. The molecule has 138 valence electrons. The summed E-state index contributed by atoms with van der Waals surface area (Å²) in [5.41, 5.74) is 0.190. The molecular formula is C18H28N4O3. The fourth-order valence-electron chi connectivity index (χ4n) is 2.60. The van der Waals surface area contributed by atoms with Crippen LogP contribution in [0.15, 0.2) is 24.8 Å². The molecule has 1 atom stereocenters. The van der Waals surface area contributed by atoms with Crippen molar-refractivity contribution < 1.29 is 14.3 Å². The number of likely N-dealkylation sites (tertiary alicyclic amines) is 1. The molecule has 0 N–H and O–H groups in total. The van der Waals surface area contributed by atoms with Crippen molar-refractivity contribution in [2.24, 2.45) is 0 Å². The van der Waals surface area contributed by atoms with Gasteiger partial charge in [0.15, 0.2) is 5.65 Å². The van der Waals surface area contributed by atoms with Gasteiger partial charge in [-0.25, -0.2) is 14.8 Å². The first-order chi connectivity index (χ1) is 11.9. The van der Waals surface area contributed by atoms with Crippen LogP contribution in [-0.2, 0) is 4.74 Å². The number of ether oxygens (including phenoxy) is 2. The summed E-state index contributed by atoms with van der Waals surface area (Å²) in [4.78, 5) is 22.4. The van der Waals surface area contributed by atoms with Gasteiger partial charge in [-0.3, -0.25) is 0 Å². The van der Waals surface area contributed by atoms with E-state index in [1.54, 1.807) is 17.3 Å². The van der Waals surface area contributed by atoms with Crippen LogP contribution >= 0.6 is 0 Å². The lowest BCUT2D eigenvalue weighted by Gasteiger charge is -2.33.